The molecule has 0 aliphatic heterocycles. The lowest BCUT2D eigenvalue weighted by Gasteiger charge is -2.19. The van der Waals surface area contributed by atoms with Crippen molar-refractivity contribution in [1.82, 2.24) is 14.9 Å². The Hall–Kier alpha value is -1.36. The first kappa shape index (κ1) is 14.1. The second-order valence-corrected chi connectivity index (χ2v) is 5.41. The van der Waals surface area contributed by atoms with Crippen molar-refractivity contribution in [3.63, 3.8) is 0 Å². The Morgan fingerprint density at radius 3 is 2.89 bits per heavy atom. The summed E-state index contributed by atoms with van der Waals surface area (Å²) in [7, 11) is 0. The van der Waals surface area contributed by atoms with E-state index in [1.54, 1.807) is 6.20 Å². The van der Waals surface area contributed by atoms with Crippen molar-refractivity contribution in [2.45, 2.75) is 39.7 Å². The molecule has 1 fully saturated rings. The lowest BCUT2D eigenvalue weighted by atomic mass is 10.1. The first-order valence-corrected chi connectivity index (χ1v) is 6.93. The van der Waals surface area contributed by atoms with Crippen LogP contribution in [0, 0.1) is 12.3 Å². The number of nitrogens with one attached hydrogen (secondary N) is 1. The number of hydrogen-bond acceptors (Lipinski definition) is 3. The van der Waals surface area contributed by atoms with Gasteiger partial charge >= 0.3 is 0 Å². The van der Waals surface area contributed by atoms with E-state index >= 15 is 0 Å². The fourth-order valence-electron chi connectivity index (χ4n) is 2.21. The topological polar surface area (TPSA) is 56.1 Å². The van der Waals surface area contributed by atoms with Gasteiger partial charge in [0, 0.05) is 31.0 Å². The van der Waals surface area contributed by atoms with Gasteiger partial charge < -0.3 is 14.6 Å². The van der Waals surface area contributed by atoms with E-state index in [9.17, 15) is 4.79 Å². The molecule has 1 saturated carbocycles. The third kappa shape index (κ3) is 3.35. The van der Waals surface area contributed by atoms with Crippen LogP contribution in [0.5, 0.6) is 0 Å². The normalized spacial score (nSPS) is 18.1. The lowest BCUT2D eigenvalue weighted by molar-refractivity contribution is -0.124. The van der Waals surface area contributed by atoms with Crippen LogP contribution >= 0.6 is 0 Å². The Kier molecular flexibility index (Phi) is 4.24. The number of amides is 1. The molecule has 1 aliphatic carbocycles. The van der Waals surface area contributed by atoms with Crippen LogP contribution in [0.25, 0.3) is 0 Å². The Morgan fingerprint density at radius 2 is 2.37 bits per heavy atom. The summed E-state index contributed by atoms with van der Waals surface area (Å²) >= 11 is 0. The summed E-state index contributed by atoms with van der Waals surface area (Å²) in [4.78, 5) is 16.3. The Bertz CT molecular complexity index is 438. The molecular formula is C14H23N3O2. The van der Waals surface area contributed by atoms with Gasteiger partial charge in [0.2, 0.25) is 5.91 Å². The minimum atomic E-state index is -0.217. The average molecular weight is 265 g/mol. The fraction of sp³-hybridized carbons (Fsp3) is 0.714. The van der Waals surface area contributed by atoms with Crippen molar-refractivity contribution in [2.24, 2.45) is 5.41 Å². The minimum Gasteiger partial charge on any atom is -0.381 e. The van der Waals surface area contributed by atoms with E-state index in [0.717, 1.165) is 31.9 Å². The quantitative estimate of drug-likeness (QED) is 0.816. The molecule has 1 atom stereocenters. The van der Waals surface area contributed by atoms with Gasteiger partial charge in [0.1, 0.15) is 11.9 Å². The van der Waals surface area contributed by atoms with Crippen molar-refractivity contribution in [1.29, 1.82) is 0 Å². The number of nitrogens with zero attached hydrogens (tertiary/aromatic N) is 2. The standard InChI is InChI=1S/C14H23N3O2/c1-4-19-10-14(5-6-14)9-16-13(18)11(2)17-8-7-15-12(17)3/h7-8,11H,4-6,9-10H2,1-3H3,(H,16,18)/t11-/m0/s1. The second kappa shape index (κ2) is 5.74. The molecule has 19 heavy (non-hydrogen) atoms. The van der Waals surface area contributed by atoms with E-state index in [0.29, 0.717) is 6.54 Å². The van der Waals surface area contributed by atoms with E-state index in [2.05, 4.69) is 10.3 Å². The maximum Gasteiger partial charge on any atom is 0.242 e. The van der Waals surface area contributed by atoms with Crippen molar-refractivity contribution in [3.8, 4) is 0 Å². The van der Waals surface area contributed by atoms with Crippen molar-refractivity contribution >= 4 is 5.91 Å². The molecule has 2 rings (SSSR count). The molecule has 1 aromatic heterocycles. The van der Waals surface area contributed by atoms with E-state index in [4.69, 9.17) is 4.74 Å². The van der Waals surface area contributed by atoms with Gasteiger partial charge in [-0.05, 0) is 33.6 Å². The molecule has 0 aromatic carbocycles. The van der Waals surface area contributed by atoms with E-state index in [1.807, 2.05) is 31.5 Å². The zero-order chi connectivity index (χ0) is 13.9. The summed E-state index contributed by atoms with van der Waals surface area (Å²) in [6.07, 6.45) is 5.85. The number of ether oxygens (including phenoxy) is 1. The van der Waals surface area contributed by atoms with Crippen LogP contribution in [0.4, 0.5) is 0 Å². The molecule has 106 valence electrons. The molecule has 5 nitrogen and oxygen atoms in total. The molecule has 1 N–H and O–H groups in total. The largest absolute Gasteiger partial charge is 0.381 e. The third-order valence-corrected chi connectivity index (χ3v) is 3.87. The number of carbonyl (C=O) groups is 1. The highest BCUT2D eigenvalue weighted by molar-refractivity contribution is 5.80. The molecule has 0 radical (unpaired) electrons. The maximum atomic E-state index is 12.1. The van der Waals surface area contributed by atoms with E-state index in [-0.39, 0.29) is 17.4 Å². The molecule has 1 heterocycles. The molecule has 0 unspecified atom stereocenters. The zero-order valence-corrected chi connectivity index (χ0v) is 12.0. The molecule has 0 bridgehead atoms. The number of aryl methyl sites for hydroxylation is 1. The summed E-state index contributed by atoms with van der Waals surface area (Å²) < 4.78 is 7.36. The molecule has 0 saturated heterocycles. The van der Waals surface area contributed by atoms with Crippen molar-refractivity contribution in [3.05, 3.63) is 18.2 Å². The Labute approximate surface area is 114 Å². The Morgan fingerprint density at radius 1 is 1.63 bits per heavy atom. The number of aromatic nitrogens is 2. The number of hydrogen-bond donors (Lipinski definition) is 1. The van der Waals surface area contributed by atoms with Gasteiger partial charge in [-0.2, -0.15) is 0 Å². The van der Waals surface area contributed by atoms with Gasteiger partial charge in [0.05, 0.1) is 6.61 Å². The van der Waals surface area contributed by atoms with Gasteiger partial charge in [0.15, 0.2) is 0 Å². The number of carbonyl (C=O) groups excluding carboxylic acids is 1. The van der Waals surface area contributed by atoms with Crippen LogP contribution in [-0.4, -0.2) is 35.2 Å². The summed E-state index contributed by atoms with van der Waals surface area (Å²) in [6.45, 7) is 8.00. The van der Waals surface area contributed by atoms with Gasteiger partial charge in [0.25, 0.3) is 0 Å². The molecule has 1 amide bonds. The first-order valence-electron chi connectivity index (χ1n) is 6.93. The molecule has 5 heteroatoms. The fourth-order valence-corrected chi connectivity index (χ4v) is 2.21. The summed E-state index contributed by atoms with van der Waals surface area (Å²) in [5, 5.41) is 3.04. The third-order valence-electron chi connectivity index (χ3n) is 3.87. The summed E-state index contributed by atoms with van der Waals surface area (Å²) in [5.74, 6) is 0.905. The minimum absolute atomic E-state index is 0.0453. The summed E-state index contributed by atoms with van der Waals surface area (Å²) in [5.41, 5.74) is 0.190. The predicted molar refractivity (Wildman–Crippen MR) is 72.8 cm³/mol. The molecule has 0 spiro atoms. The number of imidazole rings is 1. The van der Waals surface area contributed by atoms with Gasteiger partial charge in [-0.1, -0.05) is 0 Å². The van der Waals surface area contributed by atoms with Crippen LogP contribution < -0.4 is 5.32 Å². The first-order chi connectivity index (χ1) is 9.08. The van der Waals surface area contributed by atoms with Crippen LogP contribution in [0.2, 0.25) is 0 Å². The predicted octanol–water partition coefficient (Wildman–Crippen LogP) is 1.69. The number of rotatable bonds is 7. The van der Waals surface area contributed by atoms with Gasteiger partial charge in [-0.3, -0.25) is 4.79 Å². The smallest absolute Gasteiger partial charge is 0.242 e. The van der Waals surface area contributed by atoms with Crippen LogP contribution in [-0.2, 0) is 9.53 Å². The molecular weight excluding hydrogens is 242 g/mol. The zero-order valence-electron chi connectivity index (χ0n) is 12.0. The monoisotopic (exact) mass is 265 g/mol. The van der Waals surface area contributed by atoms with E-state index in [1.165, 1.54) is 0 Å². The second-order valence-electron chi connectivity index (χ2n) is 5.41. The molecule has 1 aromatic rings. The van der Waals surface area contributed by atoms with Crippen LogP contribution in [0.3, 0.4) is 0 Å². The van der Waals surface area contributed by atoms with Crippen LogP contribution in [0.15, 0.2) is 12.4 Å². The average Bonchev–Trinajstić information content (AvgIpc) is 3.06. The van der Waals surface area contributed by atoms with Crippen molar-refractivity contribution < 1.29 is 9.53 Å². The van der Waals surface area contributed by atoms with Gasteiger partial charge in [-0.25, -0.2) is 4.98 Å². The summed E-state index contributed by atoms with van der Waals surface area (Å²) in [6, 6.07) is -0.217. The lowest BCUT2D eigenvalue weighted by Crippen LogP contribution is -2.36. The highest BCUT2D eigenvalue weighted by atomic mass is 16.5. The van der Waals surface area contributed by atoms with Crippen LogP contribution in [0.1, 0.15) is 38.6 Å². The SMILES string of the molecule is CCOCC1(CNC(=O)[C@H](C)n2ccnc2C)CC1. The highest BCUT2D eigenvalue weighted by Crippen LogP contribution is 2.45. The van der Waals surface area contributed by atoms with Crippen molar-refractivity contribution in [2.75, 3.05) is 19.8 Å². The Balaban J connectivity index is 1.83. The highest BCUT2D eigenvalue weighted by Gasteiger charge is 2.43. The van der Waals surface area contributed by atoms with Gasteiger partial charge in [-0.15, -0.1) is 0 Å². The van der Waals surface area contributed by atoms with E-state index < -0.39 is 0 Å². The molecule has 1 aliphatic rings. The maximum absolute atomic E-state index is 12.1.